The van der Waals surface area contributed by atoms with Crippen LogP contribution >= 0.6 is 33.9 Å². The third-order valence-electron chi connectivity index (χ3n) is 4.50. The maximum absolute atomic E-state index is 12.6. The molecule has 0 radical (unpaired) electrons. The van der Waals surface area contributed by atoms with Crippen LogP contribution in [0, 0.1) is 3.57 Å². The van der Waals surface area contributed by atoms with Gasteiger partial charge >= 0.3 is 11.9 Å². The summed E-state index contributed by atoms with van der Waals surface area (Å²) in [6.45, 7) is 4.31. The maximum atomic E-state index is 12.6. The minimum atomic E-state index is -0.366. The molecule has 0 aliphatic carbocycles. The molecule has 3 rings (SSSR count). The van der Waals surface area contributed by atoms with E-state index in [-0.39, 0.29) is 25.0 Å². The number of benzene rings is 2. The number of ether oxygens (including phenoxy) is 4. The molecule has 0 unspecified atom stereocenters. The summed E-state index contributed by atoms with van der Waals surface area (Å²) in [5, 5.41) is 0.954. The van der Waals surface area contributed by atoms with E-state index in [0.717, 1.165) is 19.2 Å². The molecule has 0 saturated carbocycles. The van der Waals surface area contributed by atoms with Crippen molar-refractivity contribution < 1.29 is 28.5 Å². The van der Waals surface area contributed by atoms with Gasteiger partial charge in [0.2, 0.25) is 0 Å². The minimum Gasteiger partial charge on any atom is -0.497 e. The number of hydrogen-bond donors (Lipinski definition) is 0. The third kappa shape index (κ3) is 5.68. The van der Waals surface area contributed by atoms with Crippen LogP contribution in [-0.2, 0) is 27.3 Å². The highest BCUT2D eigenvalue weighted by Gasteiger charge is 2.21. The zero-order chi connectivity index (χ0) is 22.4. The molecule has 1 heterocycles. The van der Waals surface area contributed by atoms with Crippen LogP contribution in [0.5, 0.6) is 11.5 Å². The van der Waals surface area contributed by atoms with Crippen LogP contribution in [0.3, 0.4) is 0 Å². The standard InChI is InChI=1S/C23H23IO6S/c1-4-28-21(25)10-14-6-8-16(27-3)12-19(14)30-13-18-17-11-15(24)7-9-20(17)31-22(18)23(26)29-5-2/h6-9,11-12H,4-5,10,13H2,1-3H3. The molecule has 0 saturated heterocycles. The Kier molecular flexibility index (Phi) is 8.14. The summed E-state index contributed by atoms with van der Waals surface area (Å²) in [4.78, 5) is 25.1. The molecule has 0 amide bonds. The number of rotatable bonds is 9. The van der Waals surface area contributed by atoms with Gasteiger partial charge in [-0.3, -0.25) is 4.79 Å². The molecule has 8 heteroatoms. The summed E-state index contributed by atoms with van der Waals surface area (Å²) in [6.07, 6.45) is 0.0835. The van der Waals surface area contributed by atoms with E-state index in [1.165, 1.54) is 11.3 Å². The molecule has 1 aromatic heterocycles. The van der Waals surface area contributed by atoms with Gasteiger partial charge in [0.15, 0.2) is 0 Å². The zero-order valence-electron chi connectivity index (χ0n) is 17.5. The van der Waals surface area contributed by atoms with Gasteiger partial charge in [0.1, 0.15) is 23.0 Å². The smallest absolute Gasteiger partial charge is 0.348 e. The fraction of sp³-hybridized carbons (Fsp3) is 0.304. The highest BCUT2D eigenvalue weighted by Crippen LogP contribution is 2.35. The number of methoxy groups -OCH3 is 1. The molecule has 0 aliphatic heterocycles. The Bertz CT molecular complexity index is 1090. The lowest BCUT2D eigenvalue weighted by Gasteiger charge is -2.13. The summed E-state index contributed by atoms with van der Waals surface area (Å²) in [5.74, 6) is 0.417. The van der Waals surface area contributed by atoms with Gasteiger partial charge in [0, 0.05) is 30.8 Å². The van der Waals surface area contributed by atoms with Crippen molar-refractivity contribution in [3.63, 3.8) is 0 Å². The van der Waals surface area contributed by atoms with Crippen molar-refractivity contribution in [2.24, 2.45) is 0 Å². The number of halogens is 1. The van der Waals surface area contributed by atoms with Gasteiger partial charge in [-0.2, -0.15) is 0 Å². The van der Waals surface area contributed by atoms with Crippen LogP contribution in [0.1, 0.15) is 34.6 Å². The quantitative estimate of drug-likeness (QED) is 0.262. The number of carbonyl (C=O) groups excluding carboxylic acids is 2. The second-order valence-electron chi connectivity index (χ2n) is 6.51. The van der Waals surface area contributed by atoms with Crippen molar-refractivity contribution in [3.05, 3.63) is 56.0 Å². The van der Waals surface area contributed by atoms with Gasteiger partial charge in [-0.05, 0) is 60.7 Å². The van der Waals surface area contributed by atoms with E-state index in [4.69, 9.17) is 18.9 Å². The monoisotopic (exact) mass is 554 g/mol. The molecule has 164 valence electrons. The number of thiophene rings is 1. The Morgan fingerprint density at radius 3 is 2.52 bits per heavy atom. The SMILES string of the molecule is CCOC(=O)Cc1ccc(OC)cc1OCc1c(C(=O)OCC)sc2ccc(I)cc12. The Hall–Kier alpha value is -2.33. The van der Waals surface area contributed by atoms with Gasteiger partial charge in [-0.1, -0.05) is 6.07 Å². The highest BCUT2D eigenvalue weighted by atomic mass is 127. The topological polar surface area (TPSA) is 71.1 Å². The molecule has 0 N–H and O–H groups in total. The fourth-order valence-electron chi connectivity index (χ4n) is 3.09. The first-order valence-electron chi connectivity index (χ1n) is 9.80. The first-order chi connectivity index (χ1) is 15.0. The molecule has 0 aliphatic rings. The highest BCUT2D eigenvalue weighted by molar-refractivity contribution is 14.1. The van der Waals surface area contributed by atoms with E-state index in [9.17, 15) is 9.59 Å². The van der Waals surface area contributed by atoms with Crippen LogP contribution in [0.15, 0.2) is 36.4 Å². The average molecular weight is 554 g/mol. The van der Waals surface area contributed by atoms with E-state index in [1.54, 1.807) is 39.2 Å². The molecule has 31 heavy (non-hydrogen) atoms. The van der Waals surface area contributed by atoms with Crippen LogP contribution in [0.4, 0.5) is 0 Å². The fourth-order valence-corrected chi connectivity index (χ4v) is 4.66. The van der Waals surface area contributed by atoms with Crippen molar-refractivity contribution in [2.45, 2.75) is 26.9 Å². The minimum absolute atomic E-state index is 0.0835. The van der Waals surface area contributed by atoms with Gasteiger partial charge in [0.05, 0.1) is 26.7 Å². The predicted molar refractivity (Wildman–Crippen MR) is 128 cm³/mol. The lowest BCUT2D eigenvalue weighted by Crippen LogP contribution is -2.10. The van der Waals surface area contributed by atoms with Crippen LogP contribution in [0.25, 0.3) is 10.1 Å². The first kappa shape index (κ1) is 23.3. The van der Waals surface area contributed by atoms with Crippen LogP contribution in [-0.4, -0.2) is 32.3 Å². The Labute approximate surface area is 198 Å². The molecular formula is C23H23IO6S. The van der Waals surface area contributed by atoms with Crippen molar-refractivity contribution in [1.29, 1.82) is 0 Å². The van der Waals surface area contributed by atoms with Crippen molar-refractivity contribution >= 4 is 56.0 Å². The molecule has 6 nitrogen and oxygen atoms in total. The molecule has 3 aromatic rings. The maximum Gasteiger partial charge on any atom is 0.348 e. The predicted octanol–water partition coefficient (Wildman–Crippen LogP) is 5.38. The normalized spacial score (nSPS) is 10.7. The van der Waals surface area contributed by atoms with Crippen LogP contribution < -0.4 is 9.47 Å². The van der Waals surface area contributed by atoms with Gasteiger partial charge in [-0.15, -0.1) is 11.3 Å². The lowest BCUT2D eigenvalue weighted by atomic mass is 10.1. The van der Waals surface area contributed by atoms with E-state index in [0.29, 0.717) is 35.2 Å². The van der Waals surface area contributed by atoms with E-state index >= 15 is 0 Å². The number of hydrogen-bond acceptors (Lipinski definition) is 7. The van der Waals surface area contributed by atoms with Crippen molar-refractivity contribution in [3.8, 4) is 11.5 Å². The largest absolute Gasteiger partial charge is 0.497 e. The molecule has 0 bridgehead atoms. The summed E-state index contributed by atoms with van der Waals surface area (Å²) in [7, 11) is 1.57. The van der Waals surface area contributed by atoms with E-state index in [1.807, 2.05) is 18.2 Å². The molecule has 0 fully saturated rings. The average Bonchev–Trinajstić information content (AvgIpc) is 3.11. The second-order valence-corrected chi connectivity index (χ2v) is 8.81. The molecular weight excluding hydrogens is 531 g/mol. The molecule has 2 aromatic carbocycles. The first-order valence-corrected chi connectivity index (χ1v) is 11.7. The number of carbonyl (C=O) groups is 2. The Morgan fingerprint density at radius 1 is 1.03 bits per heavy atom. The van der Waals surface area contributed by atoms with Gasteiger partial charge in [0.25, 0.3) is 0 Å². The second kappa shape index (κ2) is 10.8. The summed E-state index contributed by atoms with van der Waals surface area (Å²) < 4.78 is 23.8. The van der Waals surface area contributed by atoms with Crippen molar-refractivity contribution in [2.75, 3.05) is 20.3 Å². The number of fused-ring (bicyclic) bond motifs is 1. The molecule has 0 atom stereocenters. The van der Waals surface area contributed by atoms with Crippen LogP contribution in [0.2, 0.25) is 0 Å². The van der Waals surface area contributed by atoms with Crippen molar-refractivity contribution in [1.82, 2.24) is 0 Å². The third-order valence-corrected chi connectivity index (χ3v) is 6.36. The van der Waals surface area contributed by atoms with Gasteiger partial charge in [-0.25, -0.2) is 4.79 Å². The van der Waals surface area contributed by atoms with E-state index < -0.39 is 0 Å². The zero-order valence-corrected chi connectivity index (χ0v) is 20.5. The Balaban J connectivity index is 1.96. The molecule has 0 spiro atoms. The summed E-state index contributed by atoms with van der Waals surface area (Å²) in [5.41, 5.74) is 1.45. The number of esters is 2. The van der Waals surface area contributed by atoms with E-state index in [2.05, 4.69) is 22.6 Å². The lowest BCUT2D eigenvalue weighted by molar-refractivity contribution is -0.142. The summed E-state index contributed by atoms with van der Waals surface area (Å²) >= 11 is 3.63. The van der Waals surface area contributed by atoms with Gasteiger partial charge < -0.3 is 18.9 Å². The summed E-state index contributed by atoms with van der Waals surface area (Å²) in [6, 6.07) is 11.3. The Morgan fingerprint density at radius 2 is 1.81 bits per heavy atom.